The number of amides is 1. The molecule has 1 unspecified atom stereocenters. The van der Waals surface area contributed by atoms with Gasteiger partial charge >= 0.3 is 0 Å². The second-order valence-corrected chi connectivity index (χ2v) is 7.82. The molecule has 5 rings (SSSR count). The highest BCUT2D eigenvalue weighted by atomic mass is 32.2. The van der Waals surface area contributed by atoms with Gasteiger partial charge in [0.05, 0.1) is 5.52 Å². The fraction of sp³-hybridized carbons (Fsp3) is 0.0556. The van der Waals surface area contributed by atoms with E-state index in [4.69, 9.17) is 4.98 Å². The van der Waals surface area contributed by atoms with Crippen molar-refractivity contribution in [1.29, 1.82) is 0 Å². The highest BCUT2D eigenvalue weighted by Crippen LogP contribution is 2.39. The molecule has 25 heavy (non-hydrogen) atoms. The molecule has 0 fully saturated rings. The molecule has 0 spiro atoms. The van der Waals surface area contributed by atoms with Gasteiger partial charge in [0.25, 0.3) is 11.5 Å². The summed E-state index contributed by atoms with van der Waals surface area (Å²) >= 11 is 2.71. The molecule has 0 radical (unpaired) electrons. The third-order valence-electron chi connectivity index (χ3n) is 4.15. The van der Waals surface area contributed by atoms with Gasteiger partial charge in [0.2, 0.25) is 0 Å². The lowest BCUT2D eigenvalue weighted by atomic mass is 10.1. The van der Waals surface area contributed by atoms with Crippen LogP contribution in [-0.2, 0) is 4.79 Å². The minimum absolute atomic E-state index is 0.215. The number of thioether (sulfide) groups is 1. The quantitative estimate of drug-likeness (QED) is 0.524. The topological polar surface area (TPSA) is 64.0 Å². The lowest BCUT2D eigenvalue weighted by molar-refractivity contribution is -0.117. The summed E-state index contributed by atoms with van der Waals surface area (Å²) in [6.07, 6.45) is 0. The van der Waals surface area contributed by atoms with Gasteiger partial charge in [-0.2, -0.15) is 4.68 Å². The first-order valence-electron chi connectivity index (χ1n) is 7.69. The van der Waals surface area contributed by atoms with Crippen LogP contribution in [0.25, 0.3) is 20.3 Å². The number of carbonyl (C=O) groups is 1. The number of carbonyl (C=O) groups excluding carboxylic acids is 1. The van der Waals surface area contributed by atoms with Gasteiger partial charge < -0.3 is 0 Å². The Bertz CT molecular complexity index is 1200. The van der Waals surface area contributed by atoms with Crippen LogP contribution >= 0.6 is 23.1 Å². The van der Waals surface area contributed by atoms with Crippen molar-refractivity contribution in [3.8, 4) is 0 Å². The third-order valence-corrected chi connectivity index (χ3v) is 6.51. The number of aromatic nitrogens is 2. The van der Waals surface area contributed by atoms with Crippen molar-refractivity contribution in [2.75, 3.05) is 5.43 Å². The Morgan fingerprint density at radius 1 is 1.00 bits per heavy atom. The molecule has 2 aromatic carbocycles. The molecule has 1 aliphatic rings. The molecule has 0 aliphatic carbocycles. The molecule has 1 atom stereocenters. The van der Waals surface area contributed by atoms with Gasteiger partial charge in [-0.05, 0) is 11.6 Å². The highest BCUT2D eigenvalue weighted by molar-refractivity contribution is 8.00. The summed E-state index contributed by atoms with van der Waals surface area (Å²) in [4.78, 5) is 30.0. The van der Waals surface area contributed by atoms with Crippen LogP contribution in [0.2, 0.25) is 0 Å². The zero-order valence-electron chi connectivity index (χ0n) is 12.8. The monoisotopic (exact) mass is 365 g/mol. The average molecular weight is 365 g/mol. The molecule has 3 heterocycles. The van der Waals surface area contributed by atoms with Crippen molar-refractivity contribution in [3.63, 3.8) is 0 Å². The fourth-order valence-electron chi connectivity index (χ4n) is 2.97. The normalized spacial score (nSPS) is 16.8. The molecule has 0 bridgehead atoms. The van der Waals surface area contributed by atoms with Crippen LogP contribution < -0.4 is 11.0 Å². The van der Waals surface area contributed by atoms with Crippen LogP contribution in [0.3, 0.4) is 0 Å². The second kappa shape index (κ2) is 5.44. The Morgan fingerprint density at radius 2 is 1.76 bits per heavy atom. The van der Waals surface area contributed by atoms with E-state index in [2.05, 4.69) is 5.43 Å². The lowest BCUT2D eigenvalue weighted by Gasteiger charge is -2.24. The van der Waals surface area contributed by atoms with E-state index in [1.165, 1.54) is 27.8 Å². The van der Waals surface area contributed by atoms with Crippen molar-refractivity contribution in [1.82, 2.24) is 9.66 Å². The standard InChI is InChI=1S/C18H11N3O2S2/c22-16-14(10-6-2-1-3-7-10)25-18-19-13-11-8-4-5-9-12(11)24-15(13)17(23)21(18)20-16/h1-9,14H,(H,20,22). The first kappa shape index (κ1) is 14.7. The first-order valence-corrected chi connectivity index (χ1v) is 9.39. The van der Waals surface area contributed by atoms with Crippen LogP contribution in [0, 0.1) is 0 Å². The Hall–Kier alpha value is -2.64. The van der Waals surface area contributed by atoms with E-state index in [0.717, 1.165) is 15.6 Å². The van der Waals surface area contributed by atoms with E-state index in [-0.39, 0.29) is 11.5 Å². The van der Waals surface area contributed by atoms with Gasteiger partial charge in [-0.1, -0.05) is 60.3 Å². The molecule has 7 heteroatoms. The van der Waals surface area contributed by atoms with E-state index in [1.807, 2.05) is 54.6 Å². The Morgan fingerprint density at radius 3 is 2.60 bits per heavy atom. The Kier molecular flexibility index (Phi) is 3.19. The molecular weight excluding hydrogens is 354 g/mol. The number of thiophene rings is 1. The Balaban J connectivity index is 1.73. The maximum atomic E-state index is 12.8. The van der Waals surface area contributed by atoms with Crippen LogP contribution in [0.15, 0.2) is 64.5 Å². The summed E-state index contributed by atoms with van der Waals surface area (Å²) in [7, 11) is 0. The second-order valence-electron chi connectivity index (χ2n) is 5.70. The fourth-order valence-corrected chi connectivity index (χ4v) is 5.09. The zero-order chi connectivity index (χ0) is 17.0. The number of fused-ring (bicyclic) bond motifs is 4. The van der Waals surface area contributed by atoms with E-state index < -0.39 is 5.25 Å². The molecule has 1 aliphatic heterocycles. The molecule has 122 valence electrons. The smallest absolute Gasteiger partial charge is 0.272 e. The summed E-state index contributed by atoms with van der Waals surface area (Å²) in [5.74, 6) is -0.215. The predicted molar refractivity (Wildman–Crippen MR) is 101 cm³/mol. The highest BCUT2D eigenvalue weighted by Gasteiger charge is 2.31. The molecule has 0 saturated carbocycles. The molecule has 1 N–H and O–H groups in total. The molecule has 0 saturated heterocycles. The maximum Gasteiger partial charge on any atom is 0.291 e. The summed E-state index contributed by atoms with van der Waals surface area (Å²) in [6.45, 7) is 0. The molecule has 1 amide bonds. The van der Waals surface area contributed by atoms with E-state index in [9.17, 15) is 9.59 Å². The number of nitrogens with zero attached hydrogens (tertiary/aromatic N) is 2. The largest absolute Gasteiger partial charge is 0.291 e. The molecular formula is C18H11N3O2S2. The number of hydrogen-bond donors (Lipinski definition) is 1. The minimum atomic E-state index is -0.421. The summed E-state index contributed by atoms with van der Waals surface area (Å²) in [6, 6.07) is 17.3. The van der Waals surface area contributed by atoms with Crippen molar-refractivity contribution in [3.05, 3.63) is 70.5 Å². The van der Waals surface area contributed by atoms with Gasteiger partial charge in [-0.3, -0.25) is 15.0 Å². The predicted octanol–water partition coefficient (Wildman–Crippen LogP) is 3.53. The van der Waals surface area contributed by atoms with Gasteiger partial charge in [0.15, 0.2) is 5.16 Å². The molecule has 4 aromatic rings. The number of nitrogens with one attached hydrogen (secondary N) is 1. The number of hydrogen-bond acceptors (Lipinski definition) is 5. The van der Waals surface area contributed by atoms with Crippen molar-refractivity contribution < 1.29 is 4.79 Å². The summed E-state index contributed by atoms with van der Waals surface area (Å²) in [5.41, 5.74) is 4.06. The Labute approximate surface area is 150 Å². The summed E-state index contributed by atoms with van der Waals surface area (Å²) < 4.78 is 2.84. The first-order chi connectivity index (χ1) is 12.2. The third kappa shape index (κ3) is 2.20. The zero-order valence-corrected chi connectivity index (χ0v) is 14.4. The van der Waals surface area contributed by atoms with Crippen LogP contribution in [0.5, 0.6) is 0 Å². The van der Waals surface area contributed by atoms with Crippen LogP contribution in [0.1, 0.15) is 10.8 Å². The average Bonchev–Trinajstić information content (AvgIpc) is 3.02. The van der Waals surface area contributed by atoms with Crippen molar-refractivity contribution >= 4 is 49.3 Å². The van der Waals surface area contributed by atoms with Gasteiger partial charge in [-0.25, -0.2) is 4.98 Å². The van der Waals surface area contributed by atoms with Gasteiger partial charge in [-0.15, -0.1) is 11.3 Å². The number of rotatable bonds is 1. The van der Waals surface area contributed by atoms with Crippen LogP contribution in [-0.4, -0.2) is 15.6 Å². The van der Waals surface area contributed by atoms with Gasteiger partial charge in [0.1, 0.15) is 9.95 Å². The van der Waals surface area contributed by atoms with Gasteiger partial charge in [0, 0.05) is 10.1 Å². The van der Waals surface area contributed by atoms with E-state index >= 15 is 0 Å². The van der Waals surface area contributed by atoms with Crippen molar-refractivity contribution in [2.45, 2.75) is 10.4 Å². The lowest BCUT2D eigenvalue weighted by Crippen LogP contribution is -2.40. The number of benzene rings is 2. The van der Waals surface area contributed by atoms with E-state index in [0.29, 0.717) is 15.4 Å². The van der Waals surface area contributed by atoms with E-state index in [1.54, 1.807) is 0 Å². The van der Waals surface area contributed by atoms with Crippen LogP contribution in [0.4, 0.5) is 0 Å². The summed E-state index contributed by atoms with van der Waals surface area (Å²) in [5, 5.41) is 1.06. The maximum absolute atomic E-state index is 12.8. The molecule has 2 aromatic heterocycles. The van der Waals surface area contributed by atoms with Crippen molar-refractivity contribution in [2.24, 2.45) is 0 Å². The SMILES string of the molecule is O=C1Nn2c(nc3c(sc4ccccc43)c2=O)SC1c1ccccc1. The molecule has 5 nitrogen and oxygen atoms in total. The minimum Gasteiger partial charge on any atom is -0.272 e.